The molecule has 0 bridgehead atoms. The lowest BCUT2D eigenvalue weighted by atomic mass is 9.93. The minimum Gasteiger partial charge on any atom is -0.343 e. The number of nitriles is 2. The third-order valence-electron chi connectivity index (χ3n) is 5.33. The number of carbonyl (C=O) groups is 2. The van der Waals surface area contributed by atoms with E-state index in [9.17, 15) is 9.59 Å². The maximum atomic E-state index is 12.5. The second-order valence-corrected chi connectivity index (χ2v) is 7.21. The van der Waals surface area contributed by atoms with Crippen LogP contribution in [0.5, 0.6) is 0 Å². The van der Waals surface area contributed by atoms with Crippen LogP contribution in [0.25, 0.3) is 0 Å². The summed E-state index contributed by atoms with van der Waals surface area (Å²) < 4.78 is 0. The highest BCUT2D eigenvalue weighted by Crippen LogP contribution is 2.22. The molecule has 0 aromatic heterocycles. The maximum absolute atomic E-state index is 12.5. The van der Waals surface area contributed by atoms with Gasteiger partial charge in [0.25, 0.3) is 0 Å². The summed E-state index contributed by atoms with van der Waals surface area (Å²) in [6.45, 7) is 4.59. The first-order valence-corrected chi connectivity index (χ1v) is 9.66. The molecule has 0 aliphatic carbocycles. The lowest BCUT2D eigenvalue weighted by Crippen LogP contribution is -2.44. The van der Waals surface area contributed by atoms with Crippen molar-refractivity contribution in [2.75, 3.05) is 45.8 Å². The van der Waals surface area contributed by atoms with Gasteiger partial charge in [-0.25, -0.2) is 0 Å². The Bertz CT molecular complexity index is 533. The molecule has 2 saturated heterocycles. The van der Waals surface area contributed by atoms with E-state index in [1.807, 2.05) is 4.90 Å². The van der Waals surface area contributed by atoms with E-state index in [0.717, 1.165) is 51.9 Å². The van der Waals surface area contributed by atoms with Crippen molar-refractivity contribution >= 4 is 11.8 Å². The van der Waals surface area contributed by atoms with Crippen LogP contribution >= 0.6 is 0 Å². The molecular formula is C19H29N5O2. The molecule has 0 spiro atoms. The smallest absolute Gasteiger partial charge is 0.236 e. The Morgan fingerprint density at radius 2 is 1.54 bits per heavy atom. The van der Waals surface area contributed by atoms with E-state index in [0.29, 0.717) is 32.0 Å². The van der Waals surface area contributed by atoms with Gasteiger partial charge in [-0.2, -0.15) is 10.5 Å². The SMILES string of the molecule is N#CCCN(CCC#N)C(=O)CN1CCC(CC(=O)N2CCCC2)CC1. The zero-order valence-corrected chi connectivity index (χ0v) is 15.5. The van der Waals surface area contributed by atoms with Crippen LogP contribution in [0.2, 0.25) is 0 Å². The highest BCUT2D eigenvalue weighted by molar-refractivity contribution is 5.78. The quantitative estimate of drug-likeness (QED) is 0.653. The number of rotatable bonds is 8. The lowest BCUT2D eigenvalue weighted by Gasteiger charge is -2.33. The molecule has 0 N–H and O–H groups in total. The molecule has 26 heavy (non-hydrogen) atoms. The highest BCUT2D eigenvalue weighted by atomic mass is 16.2. The van der Waals surface area contributed by atoms with Crippen LogP contribution in [0.4, 0.5) is 0 Å². The summed E-state index contributed by atoms with van der Waals surface area (Å²) in [5, 5.41) is 17.5. The Labute approximate surface area is 156 Å². The molecule has 2 aliphatic heterocycles. The van der Waals surface area contributed by atoms with E-state index in [1.54, 1.807) is 4.90 Å². The van der Waals surface area contributed by atoms with Gasteiger partial charge in [0, 0.05) is 32.6 Å². The Morgan fingerprint density at radius 1 is 0.962 bits per heavy atom. The number of nitrogens with zero attached hydrogens (tertiary/aromatic N) is 5. The fourth-order valence-corrected chi connectivity index (χ4v) is 3.71. The predicted octanol–water partition coefficient (Wildman–Crippen LogP) is 1.37. The normalized spacial score (nSPS) is 18.3. The van der Waals surface area contributed by atoms with Gasteiger partial charge in [-0.05, 0) is 44.7 Å². The molecule has 0 aromatic carbocycles. The van der Waals surface area contributed by atoms with Crippen molar-refractivity contribution in [2.45, 2.75) is 44.9 Å². The standard InChI is InChI=1S/C19H29N5O2/c20-7-3-11-24(12-4-8-21)19(26)16-22-13-5-17(6-14-22)15-18(25)23-9-1-2-10-23/h17H,1-6,9-16H2. The van der Waals surface area contributed by atoms with Gasteiger partial charge in [0.15, 0.2) is 0 Å². The summed E-state index contributed by atoms with van der Waals surface area (Å²) in [7, 11) is 0. The number of piperidine rings is 1. The van der Waals surface area contributed by atoms with Gasteiger partial charge in [-0.3, -0.25) is 14.5 Å². The van der Waals surface area contributed by atoms with E-state index in [1.165, 1.54) is 0 Å². The van der Waals surface area contributed by atoms with Crippen molar-refractivity contribution in [3.05, 3.63) is 0 Å². The van der Waals surface area contributed by atoms with Crippen molar-refractivity contribution in [3.8, 4) is 12.1 Å². The third kappa shape index (κ3) is 6.31. The first kappa shape index (κ1) is 20.2. The average molecular weight is 359 g/mol. The largest absolute Gasteiger partial charge is 0.343 e. The van der Waals surface area contributed by atoms with Crippen LogP contribution in [0.15, 0.2) is 0 Å². The minimum atomic E-state index is -0.0120. The average Bonchev–Trinajstić information content (AvgIpc) is 3.18. The fraction of sp³-hybridized carbons (Fsp3) is 0.789. The molecule has 0 radical (unpaired) electrons. The summed E-state index contributed by atoms with van der Waals surface area (Å²) in [4.78, 5) is 30.5. The molecule has 7 heteroatoms. The van der Waals surface area contributed by atoms with Crippen LogP contribution in [0.3, 0.4) is 0 Å². The molecular weight excluding hydrogens is 330 g/mol. The molecule has 7 nitrogen and oxygen atoms in total. The van der Waals surface area contributed by atoms with Gasteiger partial charge in [0.05, 0.1) is 31.5 Å². The molecule has 0 unspecified atom stereocenters. The highest BCUT2D eigenvalue weighted by Gasteiger charge is 2.26. The number of likely N-dealkylation sites (tertiary alicyclic amines) is 2. The minimum absolute atomic E-state index is 0.0120. The summed E-state index contributed by atoms with van der Waals surface area (Å²) >= 11 is 0. The summed E-state index contributed by atoms with van der Waals surface area (Å²) in [5.74, 6) is 0.695. The molecule has 0 atom stereocenters. The first-order valence-electron chi connectivity index (χ1n) is 9.66. The first-order chi connectivity index (χ1) is 12.6. The van der Waals surface area contributed by atoms with E-state index in [-0.39, 0.29) is 24.7 Å². The third-order valence-corrected chi connectivity index (χ3v) is 5.33. The van der Waals surface area contributed by atoms with E-state index in [2.05, 4.69) is 17.0 Å². The lowest BCUT2D eigenvalue weighted by molar-refractivity contribution is -0.134. The van der Waals surface area contributed by atoms with Crippen LogP contribution in [0.1, 0.15) is 44.9 Å². The van der Waals surface area contributed by atoms with Gasteiger partial charge in [-0.15, -0.1) is 0 Å². The summed E-state index contributed by atoms with van der Waals surface area (Å²) in [6, 6.07) is 4.11. The van der Waals surface area contributed by atoms with Crippen LogP contribution in [0, 0.1) is 28.6 Å². The zero-order valence-electron chi connectivity index (χ0n) is 15.5. The molecule has 2 rings (SSSR count). The van der Waals surface area contributed by atoms with Gasteiger partial charge >= 0.3 is 0 Å². The van der Waals surface area contributed by atoms with E-state index in [4.69, 9.17) is 10.5 Å². The van der Waals surface area contributed by atoms with Crippen LogP contribution in [-0.2, 0) is 9.59 Å². The Hall–Kier alpha value is -2.12. The number of hydrogen-bond acceptors (Lipinski definition) is 5. The second kappa shape index (κ2) is 10.8. The van der Waals surface area contributed by atoms with Gasteiger partial charge in [-0.1, -0.05) is 0 Å². The van der Waals surface area contributed by atoms with Gasteiger partial charge in [0.2, 0.25) is 11.8 Å². The van der Waals surface area contributed by atoms with Crippen molar-refractivity contribution in [2.24, 2.45) is 5.92 Å². The van der Waals surface area contributed by atoms with E-state index >= 15 is 0 Å². The zero-order chi connectivity index (χ0) is 18.8. The predicted molar refractivity (Wildman–Crippen MR) is 96.6 cm³/mol. The molecule has 2 amide bonds. The molecule has 2 fully saturated rings. The summed E-state index contributed by atoms with van der Waals surface area (Å²) in [6.07, 6.45) is 5.36. The second-order valence-electron chi connectivity index (χ2n) is 7.21. The molecule has 0 aromatic rings. The molecule has 142 valence electrons. The van der Waals surface area contributed by atoms with Crippen molar-refractivity contribution < 1.29 is 9.59 Å². The van der Waals surface area contributed by atoms with Crippen molar-refractivity contribution in [1.82, 2.24) is 14.7 Å². The van der Waals surface area contributed by atoms with Gasteiger partial charge in [0.1, 0.15) is 0 Å². The van der Waals surface area contributed by atoms with E-state index < -0.39 is 0 Å². The van der Waals surface area contributed by atoms with Crippen LogP contribution in [-0.4, -0.2) is 72.3 Å². The van der Waals surface area contributed by atoms with Crippen molar-refractivity contribution in [1.29, 1.82) is 10.5 Å². The van der Waals surface area contributed by atoms with Crippen LogP contribution < -0.4 is 0 Å². The molecule has 0 saturated carbocycles. The Kier molecular flexibility index (Phi) is 8.37. The fourth-order valence-electron chi connectivity index (χ4n) is 3.71. The number of amides is 2. The monoisotopic (exact) mass is 359 g/mol. The Morgan fingerprint density at radius 3 is 2.08 bits per heavy atom. The molecule has 2 heterocycles. The Balaban J connectivity index is 1.72. The topological polar surface area (TPSA) is 91.4 Å². The van der Waals surface area contributed by atoms with Gasteiger partial charge < -0.3 is 9.80 Å². The number of hydrogen-bond donors (Lipinski definition) is 0. The number of carbonyl (C=O) groups excluding carboxylic acids is 2. The summed E-state index contributed by atoms with van der Waals surface area (Å²) in [5.41, 5.74) is 0. The van der Waals surface area contributed by atoms with Crippen molar-refractivity contribution in [3.63, 3.8) is 0 Å². The molecule has 2 aliphatic rings. The maximum Gasteiger partial charge on any atom is 0.236 e.